The van der Waals surface area contributed by atoms with Gasteiger partial charge in [0.2, 0.25) is 0 Å². The number of amides is 2. The summed E-state index contributed by atoms with van der Waals surface area (Å²) in [7, 11) is 1.80. The van der Waals surface area contributed by atoms with E-state index in [2.05, 4.69) is 45.2 Å². The lowest BCUT2D eigenvalue weighted by Crippen LogP contribution is -2.33. The van der Waals surface area contributed by atoms with Crippen molar-refractivity contribution in [3.8, 4) is 0 Å². The number of hydrogen-bond acceptors (Lipinski definition) is 3. The molecule has 6 heteroatoms. The lowest BCUT2D eigenvalue weighted by atomic mass is 10.00. The van der Waals surface area contributed by atoms with Crippen LogP contribution in [-0.4, -0.2) is 27.6 Å². The van der Waals surface area contributed by atoms with Crippen molar-refractivity contribution in [3.05, 3.63) is 41.1 Å². The third kappa shape index (κ3) is 3.70. The second kappa shape index (κ2) is 6.81. The van der Waals surface area contributed by atoms with Gasteiger partial charge in [-0.2, -0.15) is 0 Å². The maximum atomic E-state index is 12.0. The molecule has 1 aliphatic rings. The predicted octanol–water partition coefficient (Wildman–Crippen LogP) is 2.44. The van der Waals surface area contributed by atoms with Crippen LogP contribution >= 0.6 is 0 Å². The van der Waals surface area contributed by atoms with Crippen LogP contribution < -0.4 is 10.6 Å². The molecular weight excluding hydrogens is 290 g/mol. The SMILES string of the molecule is Cc1c(NC(=O)NCC2CCc3ccccc3CC2)nnn1C. The molecule has 0 saturated carbocycles. The Labute approximate surface area is 136 Å². The Kier molecular flexibility index (Phi) is 4.60. The zero-order valence-electron chi connectivity index (χ0n) is 13.7. The highest BCUT2D eigenvalue weighted by atomic mass is 16.2. The highest BCUT2D eigenvalue weighted by Crippen LogP contribution is 2.24. The Morgan fingerprint density at radius 2 is 1.91 bits per heavy atom. The van der Waals surface area contributed by atoms with Gasteiger partial charge in [-0.15, -0.1) is 5.10 Å². The van der Waals surface area contributed by atoms with Gasteiger partial charge >= 0.3 is 6.03 Å². The third-order valence-electron chi connectivity index (χ3n) is 4.65. The molecule has 1 aromatic heterocycles. The number of benzene rings is 1. The molecule has 0 unspecified atom stereocenters. The lowest BCUT2D eigenvalue weighted by Gasteiger charge is -2.15. The van der Waals surface area contributed by atoms with Gasteiger partial charge in [-0.05, 0) is 49.7 Å². The number of urea groups is 1. The van der Waals surface area contributed by atoms with E-state index in [1.165, 1.54) is 11.1 Å². The minimum Gasteiger partial charge on any atom is -0.338 e. The molecule has 3 rings (SSSR count). The predicted molar refractivity (Wildman–Crippen MR) is 89.3 cm³/mol. The summed E-state index contributed by atoms with van der Waals surface area (Å²) in [5, 5.41) is 13.5. The summed E-state index contributed by atoms with van der Waals surface area (Å²) in [6.07, 6.45) is 4.41. The van der Waals surface area contributed by atoms with Crippen molar-refractivity contribution < 1.29 is 4.79 Å². The number of anilines is 1. The molecule has 1 aromatic carbocycles. The van der Waals surface area contributed by atoms with Crippen molar-refractivity contribution in [3.63, 3.8) is 0 Å². The Hall–Kier alpha value is -2.37. The molecule has 0 radical (unpaired) electrons. The van der Waals surface area contributed by atoms with Gasteiger partial charge in [0.05, 0.1) is 5.69 Å². The maximum Gasteiger partial charge on any atom is 0.320 e. The van der Waals surface area contributed by atoms with Crippen LogP contribution in [0.15, 0.2) is 24.3 Å². The minimum atomic E-state index is -0.213. The van der Waals surface area contributed by atoms with Gasteiger partial charge in [0.1, 0.15) is 0 Å². The van der Waals surface area contributed by atoms with E-state index in [1.807, 2.05) is 6.92 Å². The van der Waals surface area contributed by atoms with Crippen molar-refractivity contribution in [2.75, 3.05) is 11.9 Å². The Morgan fingerprint density at radius 1 is 1.26 bits per heavy atom. The van der Waals surface area contributed by atoms with Crippen LogP contribution in [-0.2, 0) is 19.9 Å². The van der Waals surface area contributed by atoms with Crippen molar-refractivity contribution in [1.82, 2.24) is 20.3 Å². The standard InChI is InChI=1S/C17H23N5O/c1-12-16(20-21-22(12)2)19-17(23)18-11-13-7-9-14-5-3-4-6-15(14)10-8-13/h3-6,13H,7-11H2,1-2H3,(H2,18,19,23). The smallest absolute Gasteiger partial charge is 0.320 e. The lowest BCUT2D eigenvalue weighted by molar-refractivity contribution is 0.249. The molecule has 2 N–H and O–H groups in total. The zero-order chi connectivity index (χ0) is 16.2. The summed E-state index contributed by atoms with van der Waals surface area (Å²) in [6, 6.07) is 8.43. The summed E-state index contributed by atoms with van der Waals surface area (Å²) < 4.78 is 1.64. The monoisotopic (exact) mass is 313 g/mol. The molecule has 23 heavy (non-hydrogen) atoms. The van der Waals surface area contributed by atoms with Gasteiger partial charge in [-0.25, -0.2) is 4.79 Å². The first-order valence-electron chi connectivity index (χ1n) is 8.11. The fourth-order valence-corrected chi connectivity index (χ4v) is 3.02. The highest BCUT2D eigenvalue weighted by Gasteiger charge is 2.17. The van der Waals surface area contributed by atoms with E-state index < -0.39 is 0 Å². The molecule has 6 nitrogen and oxygen atoms in total. The van der Waals surface area contributed by atoms with Crippen LogP contribution in [0.3, 0.4) is 0 Å². The first-order chi connectivity index (χ1) is 11.1. The van der Waals surface area contributed by atoms with Crippen LogP contribution in [0.2, 0.25) is 0 Å². The van der Waals surface area contributed by atoms with Gasteiger partial charge in [0.15, 0.2) is 5.82 Å². The number of rotatable bonds is 3. The van der Waals surface area contributed by atoms with Gasteiger partial charge in [-0.1, -0.05) is 29.5 Å². The fourth-order valence-electron chi connectivity index (χ4n) is 3.02. The molecule has 0 aliphatic heterocycles. The summed E-state index contributed by atoms with van der Waals surface area (Å²) in [6.45, 7) is 2.57. The number of aryl methyl sites for hydroxylation is 3. The van der Waals surface area contributed by atoms with Crippen LogP contribution in [0.25, 0.3) is 0 Å². The van der Waals surface area contributed by atoms with E-state index in [1.54, 1.807) is 11.7 Å². The van der Waals surface area contributed by atoms with Gasteiger partial charge in [0, 0.05) is 13.6 Å². The number of nitrogens with one attached hydrogen (secondary N) is 2. The fraction of sp³-hybridized carbons (Fsp3) is 0.471. The number of carbonyl (C=O) groups excluding carboxylic acids is 1. The van der Waals surface area contributed by atoms with E-state index >= 15 is 0 Å². The average molecular weight is 313 g/mol. The largest absolute Gasteiger partial charge is 0.338 e. The van der Waals surface area contributed by atoms with Crippen molar-refractivity contribution in [2.45, 2.75) is 32.6 Å². The molecule has 2 amide bonds. The van der Waals surface area contributed by atoms with E-state index in [0.29, 0.717) is 18.3 Å². The molecule has 0 fully saturated rings. The number of hydrogen-bond donors (Lipinski definition) is 2. The Morgan fingerprint density at radius 3 is 2.48 bits per heavy atom. The molecule has 0 bridgehead atoms. The molecule has 1 aliphatic carbocycles. The summed E-state index contributed by atoms with van der Waals surface area (Å²) in [5.41, 5.74) is 3.74. The number of nitrogens with zero attached hydrogens (tertiary/aromatic N) is 3. The topological polar surface area (TPSA) is 71.8 Å². The van der Waals surface area contributed by atoms with Crippen LogP contribution in [0.1, 0.15) is 29.7 Å². The quantitative estimate of drug-likeness (QED) is 0.855. The number of fused-ring (bicyclic) bond motifs is 1. The molecule has 2 aromatic rings. The highest BCUT2D eigenvalue weighted by molar-refractivity contribution is 5.88. The second-order valence-corrected chi connectivity index (χ2v) is 6.19. The van der Waals surface area contributed by atoms with E-state index in [4.69, 9.17) is 0 Å². The second-order valence-electron chi connectivity index (χ2n) is 6.19. The molecule has 0 spiro atoms. The van der Waals surface area contributed by atoms with E-state index in [9.17, 15) is 4.79 Å². The van der Waals surface area contributed by atoms with Gasteiger partial charge in [0.25, 0.3) is 0 Å². The maximum absolute atomic E-state index is 12.0. The van der Waals surface area contributed by atoms with Crippen LogP contribution in [0, 0.1) is 12.8 Å². The Bertz CT molecular complexity index is 667. The van der Waals surface area contributed by atoms with Crippen molar-refractivity contribution in [2.24, 2.45) is 13.0 Å². The molecule has 0 atom stereocenters. The summed E-state index contributed by atoms with van der Waals surface area (Å²) in [4.78, 5) is 12.0. The first kappa shape index (κ1) is 15.5. The summed E-state index contributed by atoms with van der Waals surface area (Å²) in [5.74, 6) is 1.02. The van der Waals surface area contributed by atoms with Crippen molar-refractivity contribution in [1.29, 1.82) is 0 Å². The Balaban J connectivity index is 1.49. The van der Waals surface area contributed by atoms with Gasteiger partial charge < -0.3 is 5.32 Å². The number of aromatic nitrogens is 3. The number of carbonyl (C=O) groups is 1. The molecular formula is C17H23N5O. The normalized spacial score (nSPS) is 14.9. The first-order valence-corrected chi connectivity index (χ1v) is 8.11. The molecule has 1 heterocycles. The average Bonchev–Trinajstić information content (AvgIpc) is 2.78. The zero-order valence-corrected chi connectivity index (χ0v) is 13.7. The minimum absolute atomic E-state index is 0.213. The molecule has 122 valence electrons. The molecule has 0 saturated heterocycles. The third-order valence-corrected chi connectivity index (χ3v) is 4.65. The van der Waals surface area contributed by atoms with E-state index in [-0.39, 0.29) is 6.03 Å². The van der Waals surface area contributed by atoms with Gasteiger partial charge in [-0.3, -0.25) is 10.00 Å². The van der Waals surface area contributed by atoms with Crippen LogP contribution in [0.4, 0.5) is 10.6 Å². The van der Waals surface area contributed by atoms with Crippen molar-refractivity contribution >= 4 is 11.8 Å². The van der Waals surface area contributed by atoms with E-state index in [0.717, 1.165) is 31.4 Å². The van der Waals surface area contributed by atoms with Crippen LogP contribution in [0.5, 0.6) is 0 Å². The summed E-state index contributed by atoms with van der Waals surface area (Å²) >= 11 is 0.